The zero-order chi connectivity index (χ0) is 12.1. The van der Waals surface area contributed by atoms with Gasteiger partial charge in [0.05, 0.1) is 12.8 Å². The van der Waals surface area contributed by atoms with Gasteiger partial charge in [-0.05, 0) is 36.4 Å². The Labute approximate surface area is 100 Å². The molecule has 2 aromatic rings. The maximum absolute atomic E-state index is 11.8. The van der Waals surface area contributed by atoms with Crippen LogP contribution < -0.4 is 10.1 Å². The Morgan fingerprint density at radius 1 is 1.12 bits per heavy atom. The second-order valence-electron chi connectivity index (χ2n) is 3.39. The molecule has 3 nitrogen and oxygen atoms in total. The monoisotopic (exact) mass is 225 g/mol. The third-order valence-electron chi connectivity index (χ3n) is 2.23. The van der Waals surface area contributed by atoms with Gasteiger partial charge >= 0.3 is 0 Å². The quantitative estimate of drug-likeness (QED) is 0.871. The second kappa shape index (κ2) is 5.04. The Bertz CT molecular complexity index is 491. The van der Waals surface area contributed by atoms with Crippen molar-refractivity contribution in [3.63, 3.8) is 0 Å². The minimum atomic E-state index is -0.166. The van der Waals surface area contributed by atoms with Crippen LogP contribution in [-0.4, -0.2) is 13.0 Å². The molecular weight excluding hydrogens is 214 g/mol. The first-order valence-corrected chi connectivity index (χ1v) is 5.14. The minimum Gasteiger partial charge on any atom is -0.489 e. The molecule has 3 heteroatoms. The van der Waals surface area contributed by atoms with Crippen molar-refractivity contribution < 1.29 is 9.53 Å². The van der Waals surface area contributed by atoms with Crippen LogP contribution in [0.4, 0.5) is 5.69 Å². The number of rotatable bonds is 3. The summed E-state index contributed by atoms with van der Waals surface area (Å²) in [6, 6.07) is 18.0. The van der Waals surface area contributed by atoms with Gasteiger partial charge in [0, 0.05) is 5.56 Å². The standard InChI is InChI=1S/C14H11NO2/c1-17-13-9-7-12(8-10-13)15-14(16)11-5-3-2-4-6-11/h2-7,9H,1H3,(H,15,16). The van der Waals surface area contributed by atoms with Crippen LogP contribution in [0.3, 0.4) is 0 Å². The van der Waals surface area contributed by atoms with Crippen molar-refractivity contribution in [2.75, 3.05) is 12.4 Å². The molecule has 1 amide bonds. The van der Waals surface area contributed by atoms with E-state index in [1.165, 1.54) is 0 Å². The van der Waals surface area contributed by atoms with E-state index in [0.717, 1.165) is 0 Å². The van der Waals surface area contributed by atoms with Gasteiger partial charge in [-0.2, -0.15) is 0 Å². The summed E-state index contributed by atoms with van der Waals surface area (Å²) in [6.45, 7) is 0. The van der Waals surface area contributed by atoms with Crippen LogP contribution in [0, 0.1) is 12.1 Å². The number of amides is 1. The molecule has 0 aliphatic carbocycles. The summed E-state index contributed by atoms with van der Waals surface area (Å²) in [5, 5.41) is 2.73. The molecule has 17 heavy (non-hydrogen) atoms. The number of methoxy groups -OCH3 is 1. The van der Waals surface area contributed by atoms with Gasteiger partial charge in [-0.3, -0.25) is 4.79 Å². The number of carbonyl (C=O) groups excluding carboxylic acids is 1. The zero-order valence-corrected chi connectivity index (χ0v) is 9.36. The Morgan fingerprint density at radius 3 is 2.47 bits per heavy atom. The summed E-state index contributed by atoms with van der Waals surface area (Å²) in [4.78, 5) is 11.8. The van der Waals surface area contributed by atoms with E-state index in [0.29, 0.717) is 17.0 Å². The van der Waals surface area contributed by atoms with Crippen LogP contribution in [0.1, 0.15) is 10.4 Å². The molecule has 0 radical (unpaired) electrons. The summed E-state index contributed by atoms with van der Waals surface area (Å²) in [6.07, 6.45) is 0. The van der Waals surface area contributed by atoms with Crippen LogP contribution in [0.5, 0.6) is 5.75 Å². The maximum Gasteiger partial charge on any atom is 0.256 e. The highest BCUT2D eigenvalue weighted by atomic mass is 16.5. The fourth-order valence-electron chi connectivity index (χ4n) is 1.35. The molecule has 1 N–H and O–H groups in total. The number of carbonyl (C=O) groups is 1. The molecule has 2 aromatic carbocycles. The first-order valence-electron chi connectivity index (χ1n) is 5.14. The van der Waals surface area contributed by atoms with Gasteiger partial charge < -0.3 is 10.1 Å². The maximum atomic E-state index is 11.8. The summed E-state index contributed by atoms with van der Waals surface area (Å²) >= 11 is 0. The smallest absolute Gasteiger partial charge is 0.256 e. The zero-order valence-electron chi connectivity index (χ0n) is 9.36. The van der Waals surface area contributed by atoms with E-state index >= 15 is 0 Å². The van der Waals surface area contributed by atoms with Gasteiger partial charge in [-0.25, -0.2) is 0 Å². The molecule has 0 bridgehead atoms. The van der Waals surface area contributed by atoms with Crippen molar-refractivity contribution in [3.8, 4) is 5.75 Å². The van der Waals surface area contributed by atoms with E-state index in [1.54, 1.807) is 31.4 Å². The first kappa shape index (κ1) is 11.0. The lowest BCUT2D eigenvalue weighted by atomic mass is 10.2. The topological polar surface area (TPSA) is 38.3 Å². The summed E-state index contributed by atoms with van der Waals surface area (Å²) in [5.41, 5.74) is 1.18. The Hall–Kier alpha value is -2.47. The molecule has 0 unspecified atom stereocenters. The van der Waals surface area contributed by atoms with Crippen LogP contribution in [0.2, 0.25) is 0 Å². The molecule has 0 fully saturated rings. The van der Waals surface area contributed by atoms with E-state index in [9.17, 15) is 4.79 Å². The average Bonchev–Trinajstić information content (AvgIpc) is 2.40. The van der Waals surface area contributed by atoms with Gasteiger partial charge in [-0.1, -0.05) is 18.2 Å². The molecule has 0 atom stereocenters. The predicted octanol–water partition coefficient (Wildman–Crippen LogP) is 2.55. The van der Waals surface area contributed by atoms with E-state index in [2.05, 4.69) is 17.4 Å². The van der Waals surface area contributed by atoms with Crippen molar-refractivity contribution in [2.45, 2.75) is 0 Å². The molecule has 84 valence electrons. The van der Waals surface area contributed by atoms with Gasteiger partial charge in [0.2, 0.25) is 0 Å². The van der Waals surface area contributed by atoms with Crippen molar-refractivity contribution in [1.82, 2.24) is 0 Å². The number of hydrogen-bond acceptors (Lipinski definition) is 2. The summed E-state index contributed by atoms with van der Waals surface area (Å²) in [5.74, 6) is 0.420. The first-order chi connectivity index (χ1) is 8.29. The third-order valence-corrected chi connectivity index (χ3v) is 2.23. The average molecular weight is 225 g/mol. The Balaban J connectivity index is 2.08. The molecule has 2 rings (SSSR count). The number of nitrogens with one attached hydrogen (secondary N) is 1. The lowest BCUT2D eigenvalue weighted by Crippen LogP contribution is -2.11. The van der Waals surface area contributed by atoms with Gasteiger partial charge in [0.15, 0.2) is 5.75 Å². The lowest BCUT2D eigenvalue weighted by molar-refractivity contribution is 0.102. The van der Waals surface area contributed by atoms with Gasteiger partial charge in [0.25, 0.3) is 5.91 Å². The van der Waals surface area contributed by atoms with Crippen molar-refractivity contribution in [1.29, 1.82) is 0 Å². The van der Waals surface area contributed by atoms with Crippen molar-refractivity contribution in [2.24, 2.45) is 0 Å². The lowest BCUT2D eigenvalue weighted by Gasteiger charge is -2.03. The Kier molecular flexibility index (Phi) is 3.27. The fraction of sp³-hybridized carbons (Fsp3) is 0.0714. The van der Waals surface area contributed by atoms with Gasteiger partial charge in [0.1, 0.15) is 0 Å². The molecule has 0 aromatic heterocycles. The number of benzene rings is 1. The molecule has 0 aliphatic rings. The van der Waals surface area contributed by atoms with Crippen molar-refractivity contribution >= 4 is 11.6 Å². The predicted molar refractivity (Wildman–Crippen MR) is 65.1 cm³/mol. The van der Waals surface area contributed by atoms with E-state index in [1.807, 2.05) is 18.2 Å². The number of ether oxygens (including phenoxy) is 1. The molecule has 0 aliphatic heterocycles. The SMILES string of the molecule is COc1c#cc(NC(=O)c2ccccc2)cc1. The minimum absolute atomic E-state index is 0.166. The molecular formula is C14H11NO2. The molecule has 0 saturated carbocycles. The van der Waals surface area contributed by atoms with E-state index in [4.69, 9.17) is 4.74 Å². The Morgan fingerprint density at radius 2 is 1.88 bits per heavy atom. The molecule has 0 heterocycles. The second-order valence-corrected chi connectivity index (χ2v) is 3.39. The number of hydrogen-bond donors (Lipinski definition) is 1. The van der Waals surface area contributed by atoms with Crippen molar-refractivity contribution in [3.05, 3.63) is 60.2 Å². The highest BCUT2D eigenvalue weighted by molar-refractivity contribution is 6.04. The van der Waals surface area contributed by atoms with Gasteiger partial charge in [-0.15, -0.1) is 0 Å². The van der Waals surface area contributed by atoms with E-state index < -0.39 is 0 Å². The van der Waals surface area contributed by atoms with Crippen LogP contribution in [0.25, 0.3) is 0 Å². The largest absolute Gasteiger partial charge is 0.489 e. The molecule has 0 spiro atoms. The highest BCUT2D eigenvalue weighted by Crippen LogP contribution is 2.10. The summed E-state index contributed by atoms with van der Waals surface area (Å²) in [7, 11) is 1.56. The van der Waals surface area contributed by atoms with Crippen LogP contribution >= 0.6 is 0 Å². The molecule has 0 saturated heterocycles. The summed E-state index contributed by atoms with van der Waals surface area (Å²) < 4.78 is 4.96. The highest BCUT2D eigenvalue weighted by Gasteiger charge is 2.04. The van der Waals surface area contributed by atoms with Crippen LogP contribution in [-0.2, 0) is 0 Å². The van der Waals surface area contributed by atoms with E-state index in [-0.39, 0.29) is 5.91 Å². The number of anilines is 1. The van der Waals surface area contributed by atoms with Crippen LogP contribution in [0.15, 0.2) is 42.5 Å². The normalized spacial score (nSPS) is 9.24. The third kappa shape index (κ3) is 2.76. The fourth-order valence-corrected chi connectivity index (χ4v) is 1.35.